The van der Waals surface area contributed by atoms with E-state index in [1.165, 1.54) is 24.2 Å². The smallest absolute Gasteiger partial charge is 0.260 e. The van der Waals surface area contributed by atoms with Crippen molar-refractivity contribution in [3.05, 3.63) is 23.9 Å². The Hall–Kier alpha value is -1.02. The lowest BCUT2D eigenvalue weighted by Crippen LogP contribution is -2.30. The fourth-order valence-corrected chi connectivity index (χ4v) is 2.78. The van der Waals surface area contributed by atoms with E-state index in [9.17, 15) is 8.42 Å². The van der Waals surface area contributed by atoms with Gasteiger partial charge in [0, 0.05) is 39.5 Å². The number of rotatable bonds is 8. The standard InChI is InChI=1S/C13H21N3O3S/c1-16(7-8-19-2)20(17,18)13-6-3-11(10-15-13)9-14-12-4-5-12/h3,6,10,12,14H,4-5,7-9H2,1-2H3. The first-order valence-corrected chi connectivity index (χ1v) is 8.11. The summed E-state index contributed by atoms with van der Waals surface area (Å²) in [7, 11) is -0.457. The number of ether oxygens (including phenoxy) is 1. The second kappa shape index (κ2) is 6.62. The van der Waals surface area contributed by atoms with Gasteiger partial charge in [0.2, 0.25) is 0 Å². The Morgan fingerprint density at radius 1 is 1.45 bits per heavy atom. The highest BCUT2D eigenvalue weighted by Crippen LogP contribution is 2.19. The molecule has 1 saturated carbocycles. The largest absolute Gasteiger partial charge is 0.383 e. The van der Waals surface area contributed by atoms with Crippen LogP contribution in [0.3, 0.4) is 0 Å². The van der Waals surface area contributed by atoms with Crippen molar-refractivity contribution in [1.29, 1.82) is 0 Å². The first-order valence-electron chi connectivity index (χ1n) is 6.67. The first kappa shape index (κ1) is 15.4. The van der Waals surface area contributed by atoms with E-state index in [0.717, 1.165) is 12.1 Å². The van der Waals surface area contributed by atoms with Gasteiger partial charge in [-0.05, 0) is 24.5 Å². The molecule has 1 aliphatic rings. The third-order valence-corrected chi connectivity index (χ3v) is 5.03. The predicted octanol–water partition coefficient (Wildman–Crippen LogP) is 0.600. The Labute approximate surface area is 120 Å². The molecule has 112 valence electrons. The van der Waals surface area contributed by atoms with E-state index in [0.29, 0.717) is 19.2 Å². The van der Waals surface area contributed by atoms with Crippen molar-refractivity contribution in [1.82, 2.24) is 14.6 Å². The number of likely N-dealkylation sites (N-methyl/N-ethyl adjacent to an activating group) is 1. The number of nitrogens with zero attached hydrogens (tertiary/aromatic N) is 2. The van der Waals surface area contributed by atoms with Gasteiger partial charge in [-0.25, -0.2) is 13.4 Å². The first-order chi connectivity index (χ1) is 9.54. The lowest BCUT2D eigenvalue weighted by atomic mass is 10.3. The molecule has 0 amide bonds. The highest BCUT2D eigenvalue weighted by Gasteiger charge is 2.22. The van der Waals surface area contributed by atoms with Crippen LogP contribution in [0.5, 0.6) is 0 Å². The highest BCUT2D eigenvalue weighted by atomic mass is 32.2. The zero-order valence-electron chi connectivity index (χ0n) is 11.9. The molecule has 7 heteroatoms. The quantitative estimate of drug-likeness (QED) is 0.761. The summed E-state index contributed by atoms with van der Waals surface area (Å²) in [6.07, 6.45) is 4.07. The van der Waals surface area contributed by atoms with Crippen LogP contribution in [0.15, 0.2) is 23.4 Å². The van der Waals surface area contributed by atoms with Crippen molar-refractivity contribution >= 4 is 10.0 Å². The van der Waals surface area contributed by atoms with Gasteiger partial charge in [0.25, 0.3) is 10.0 Å². The molecule has 1 fully saturated rings. The second-order valence-corrected chi connectivity index (χ2v) is 6.97. The summed E-state index contributed by atoms with van der Waals surface area (Å²) < 4.78 is 30.6. The van der Waals surface area contributed by atoms with Crippen molar-refractivity contribution in [3.63, 3.8) is 0 Å². The van der Waals surface area contributed by atoms with Crippen molar-refractivity contribution in [2.45, 2.75) is 30.5 Å². The van der Waals surface area contributed by atoms with Gasteiger partial charge in [0.05, 0.1) is 6.61 Å². The molecule has 1 N–H and O–H groups in total. The minimum Gasteiger partial charge on any atom is -0.383 e. The Kier molecular flexibility index (Phi) is 5.09. The Morgan fingerprint density at radius 3 is 2.75 bits per heavy atom. The third kappa shape index (κ3) is 3.99. The molecule has 0 aromatic carbocycles. The number of methoxy groups -OCH3 is 1. The molecule has 0 atom stereocenters. The fraction of sp³-hybridized carbons (Fsp3) is 0.615. The number of hydrogen-bond donors (Lipinski definition) is 1. The Bertz CT molecular complexity index is 526. The molecule has 0 radical (unpaired) electrons. The highest BCUT2D eigenvalue weighted by molar-refractivity contribution is 7.89. The van der Waals surface area contributed by atoms with Crippen LogP contribution in [-0.4, -0.2) is 51.1 Å². The summed E-state index contributed by atoms with van der Waals surface area (Å²) in [6.45, 7) is 1.40. The van der Waals surface area contributed by atoms with E-state index in [4.69, 9.17) is 4.74 Å². The molecule has 6 nitrogen and oxygen atoms in total. The Morgan fingerprint density at radius 2 is 2.20 bits per heavy atom. The van der Waals surface area contributed by atoms with Crippen molar-refractivity contribution in [2.75, 3.05) is 27.3 Å². The predicted molar refractivity (Wildman–Crippen MR) is 75.8 cm³/mol. The molecule has 1 aromatic heterocycles. The molecule has 0 aliphatic heterocycles. The van der Waals surface area contributed by atoms with Gasteiger partial charge in [-0.1, -0.05) is 6.07 Å². The van der Waals surface area contributed by atoms with Crippen LogP contribution in [0.1, 0.15) is 18.4 Å². The number of hydrogen-bond acceptors (Lipinski definition) is 5. The molecule has 1 heterocycles. The van der Waals surface area contributed by atoms with Crippen LogP contribution in [0.4, 0.5) is 0 Å². The summed E-state index contributed by atoms with van der Waals surface area (Å²) in [5.74, 6) is 0. The third-order valence-electron chi connectivity index (χ3n) is 3.25. The van der Waals surface area contributed by atoms with Crippen LogP contribution >= 0.6 is 0 Å². The van der Waals surface area contributed by atoms with Gasteiger partial charge in [-0.15, -0.1) is 0 Å². The SMILES string of the molecule is COCCN(C)S(=O)(=O)c1ccc(CNC2CC2)cn1. The zero-order valence-corrected chi connectivity index (χ0v) is 12.7. The van der Waals surface area contributed by atoms with Gasteiger partial charge in [0.15, 0.2) is 5.03 Å². The van der Waals surface area contributed by atoms with Crippen molar-refractivity contribution < 1.29 is 13.2 Å². The lowest BCUT2D eigenvalue weighted by Gasteiger charge is -2.16. The second-order valence-electron chi connectivity index (χ2n) is 4.98. The van der Waals surface area contributed by atoms with Gasteiger partial charge < -0.3 is 10.1 Å². The van der Waals surface area contributed by atoms with E-state index in [2.05, 4.69) is 10.3 Å². The zero-order chi connectivity index (χ0) is 14.6. The van der Waals surface area contributed by atoms with Crippen LogP contribution in [0.25, 0.3) is 0 Å². The van der Waals surface area contributed by atoms with Crippen molar-refractivity contribution in [2.24, 2.45) is 0 Å². The lowest BCUT2D eigenvalue weighted by molar-refractivity contribution is 0.185. The van der Waals surface area contributed by atoms with Gasteiger partial charge in [0.1, 0.15) is 0 Å². The molecule has 0 spiro atoms. The number of aromatic nitrogens is 1. The van der Waals surface area contributed by atoms with E-state index in [1.807, 2.05) is 0 Å². The van der Waals surface area contributed by atoms with E-state index in [1.54, 1.807) is 25.4 Å². The Balaban J connectivity index is 1.99. The number of sulfonamides is 1. The van der Waals surface area contributed by atoms with Crippen molar-refractivity contribution in [3.8, 4) is 0 Å². The molecule has 20 heavy (non-hydrogen) atoms. The molecule has 2 rings (SSSR count). The summed E-state index contributed by atoms with van der Waals surface area (Å²) in [6, 6.07) is 3.99. The molecule has 0 unspecified atom stereocenters. The summed E-state index contributed by atoms with van der Waals surface area (Å²) in [4.78, 5) is 4.07. The molecular formula is C13H21N3O3S. The fourth-order valence-electron chi connectivity index (χ4n) is 1.72. The normalized spacial score (nSPS) is 15.8. The number of nitrogens with one attached hydrogen (secondary N) is 1. The van der Waals surface area contributed by atoms with Crippen LogP contribution < -0.4 is 5.32 Å². The topological polar surface area (TPSA) is 71.5 Å². The van der Waals surface area contributed by atoms with E-state index < -0.39 is 10.0 Å². The van der Waals surface area contributed by atoms with Gasteiger partial charge >= 0.3 is 0 Å². The maximum atomic E-state index is 12.2. The summed E-state index contributed by atoms with van der Waals surface area (Å²) >= 11 is 0. The summed E-state index contributed by atoms with van der Waals surface area (Å²) in [5, 5.41) is 3.44. The molecule has 1 aliphatic carbocycles. The molecule has 0 saturated heterocycles. The maximum Gasteiger partial charge on any atom is 0.260 e. The van der Waals surface area contributed by atoms with Gasteiger partial charge in [-0.3, -0.25) is 0 Å². The molecule has 1 aromatic rings. The van der Waals surface area contributed by atoms with Crippen LogP contribution in [0, 0.1) is 0 Å². The maximum absolute atomic E-state index is 12.2. The minimum absolute atomic E-state index is 0.0753. The summed E-state index contributed by atoms with van der Waals surface area (Å²) in [5.41, 5.74) is 0.996. The van der Waals surface area contributed by atoms with Gasteiger partial charge in [-0.2, -0.15) is 4.31 Å². The van der Waals surface area contributed by atoms with E-state index in [-0.39, 0.29) is 5.03 Å². The number of pyridine rings is 1. The average Bonchev–Trinajstić information content (AvgIpc) is 3.27. The molecule has 0 bridgehead atoms. The average molecular weight is 299 g/mol. The van der Waals surface area contributed by atoms with Crippen LogP contribution in [-0.2, 0) is 21.3 Å². The monoisotopic (exact) mass is 299 g/mol. The van der Waals surface area contributed by atoms with Crippen LogP contribution in [0.2, 0.25) is 0 Å². The van der Waals surface area contributed by atoms with E-state index >= 15 is 0 Å². The minimum atomic E-state index is -3.53. The molecular weight excluding hydrogens is 278 g/mol.